The molecule has 0 saturated carbocycles. The van der Waals surface area contributed by atoms with Crippen molar-refractivity contribution < 1.29 is 19.1 Å². The molecule has 0 radical (unpaired) electrons. The third-order valence-electron chi connectivity index (χ3n) is 3.58. The Morgan fingerprint density at radius 2 is 2.16 bits per heavy atom. The molecule has 0 spiro atoms. The highest BCUT2D eigenvalue weighted by atomic mass is 16.5. The van der Waals surface area contributed by atoms with Gasteiger partial charge < -0.3 is 10.1 Å². The average Bonchev–Trinajstić information content (AvgIpc) is 2.85. The first kappa shape index (κ1) is 13.8. The number of imide groups is 1. The monoisotopic (exact) mass is 269 g/mol. The smallest absolute Gasteiger partial charge is 0.324 e. The Bertz CT molecular complexity index is 385. The summed E-state index contributed by atoms with van der Waals surface area (Å²) in [5.41, 5.74) is 0. The number of esters is 1. The van der Waals surface area contributed by atoms with Gasteiger partial charge in [-0.25, -0.2) is 4.79 Å². The van der Waals surface area contributed by atoms with Crippen LogP contribution in [0.2, 0.25) is 0 Å². The number of rotatable bonds is 3. The topological polar surface area (TPSA) is 79.0 Å². The Balaban J connectivity index is 1.97. The lowest BCUT2D eigenvalue weighted by atomic mass is 10.0. The number of urea groups is 1. The SMILES string of the molecule is COC(=O)C1CCCCN1CC(=O)N1CCNC1=O. The van der Waals surface area contributed by atoms with E-state index in [-0.39, 0.29) is 30.5 Å². The third kappa shape index (κ3) is 3.04. The Morgan fingerprint density at radius 3 is 2.79 bits per heavy atom. The van der Waals surface area contributed by atoms with Crippen molar-refractivity contribution in [3.05, 3.63) is 0 Å². The molecular formula is C12H19N3O4. The van der Waals surface area contributed by atoms with Gasteiger partial charge in [0, 0.05) is 13.1 Å². The number of hydrogen-bond donors (Lipinski definition) is 1. The lowest BCUT2D eigenvalue weighted by Gasteiger charge is -2.33. The van der Waals surface area contributed by atoms with E-state index in [2.05, 4.69) is 5.32 Å². The van der Waals surface area contributed by atoms with Crippen molar-refractivity contribution in [3.8, 4) is 0 Å². The van der Waals surface area contributed by atoms with Crippen LogP contribution in [0.4, 0.5) is 4.79 Å². The van der Waals surface area contributed by atoms with Crippen LogP contribution in [-0.4, -0.2) is 67.0 Å². The zero-order valence-corrected chi connectivity index (χ0v) is 11.1. The molecule has 2 aliphatic rings. The van der Waals surface area contributed by atoms with Gasteiger partial charge in [0.05, 0.1) is 13.7 Å². The molecule has 7 nitrogen and oxygen atoms in total. The van der Waals surface area contributed by atoms with Gasteiger partial charge in [0.25, 0.3) is 0 Å². The molecular weight excluding hydrogens is 250 g/mol. The summed E-state index contributed by atoms with van der Waals surface area (Å²) in [5, 5.41) is 2.59. The second-order valence-corrected chi connectivity index (χ2v) is 4.78. The Hall–Kier alpha value is -1.63. The quantitative estimate of drug-likeness (QED) is 0.703. The van der Waals surface area contributed by atoms with Crippen LogP contribution in [0.3, 0.4) is 0 Å². The first-order valence-corrected chi connectivity index (χ1v) is 6.53. The molecule has 106 valence electrons. The van der Waals surface area contributed by atoms with E-state index in [0.717, 1.165) is 12.8 Å². The van der Waals surface area contributed by atoms with Gasteiger partial charge in [0.15, 0.2) is 0 Å². The predicted molar refractivity (Wildman–Crippen MR) is 66.3 cm³/mol. The minimum atomic E-state index is -0.367. The van der Waals surface area contributed by atoms with Crippen molar-refractivity contribution in [2.45, 2.75) is 25.3 Å². The van der Waals surface area contributed by atoms with E-state index in [0.29, 0.717) is 26.1 Å². The maximum Gasteiger partial charge on any atom is 0.324 e. The van der Waals surface area contributed by atoms with Crippen LogP contribution in [0.25, 0.3) is 0 Å². The van der Waals surface area contributed by atoms with Gasteiger partial charge in [0.1, 0.15) is 6.04 Å². The number of methoxy groups -OCH3 is 1. The maximum absolute atomic E-state index is 12.1. The van der Waals surface area contributed by atoms with Gasteiger partial charge in [-0.15, -0.1) is 0 Å². The van der Waals surface area contributed by atoms with Gasteiger partial charge in [-0.05, 0) is 19.4 Å². The number of hydrogen-bond acceptors (Lipinski definition) is 5. The van der Waals surface area contributed by atoms with E-state index in [4.69, 9.17) is 4.74 Å². The number of nitrogens with one attached hydrogen (secondary N) is 1. The molecule has 0 aromatic carbocycles. The van der Waals surface area contributed by atoms with Gasteiger partial charge in [-0.2, -0.15) is 0 Å². The Morgan fingerprint density at radius 1 is 1.37 bits per heavy atom. The number of carbonyl (C=O) groups is 3. The van der Waals surface area contributed by atoms with E-state index >= 15 is 0 Å². The largest absolute Gasteiger partial charge is 0.468 e. The van der Waals surface area contributed by atoms with Crippen molar-refractivity contribution >= 4 is 17.9 Å². The number of nitrogens with zero attached hydrogens (tertiary/aromatic N) is 2. The summed E-state index contributed by atoms with van der Waals surface area (Å²) >= 11 is 0. The van der Waals surface area contributed by atoms with Crippen molar-refractivity contribution in [1.29, 1.82) is 0 Å². The van der Waals surface area contributed by atoms with E-state index < -0.39 is 0 Å². The van der Waals surface area contributed by atoms with Crippen LogP contribution >= 0.6 is 0 Å². The third-order valence-corrected chi connectivity index (χ3v) is 3.58. The van der Waals surface area contributed by atoms with E-state index in [1.807, 2.05) is 4.90 Å². The van der Waals surface area contributed by atoms with Crippen molar-refractivity contribution in [2.24, 2.45) is 0 Å². The van der Waals surface area contributed by atoms with Crippen molar-refractivity contribution in [2.75, 3.05) is 33.3 Å². The zero-order chi connectivity index (χ0) is 13.8. The molecule has 2 heterocycles. The molecule has 1 atom stereocenters. The summed E-state index contributed by atoms with van der Waals surface area (Å²) < 4.78 is 4.76. The Labute approximate surface area is 111 Å². The summed E-state index contributed by atoms with van der Waals surface area (Å²) in [6.07, 6.45) is 2.60. The first-order valence-electron chi connectivity index (χ1n) is 6.53. The van der Waals surface area contributed by atoms with Gasteiger partial charge in [-0.1, -0.05) is 6.42 Å². The van der Waals surface area contributed by atoms with Gasteiger partial charge in [-0.3, -0.25) is 19.4 Å². The van der Waals surface area contributed by atoms with Crippen LogP contribution in [0.1, 0.15) is 19.3 Å². The lowest BCUT2D eigenvalue weighted by molar-refractivity contribution is -0.149. The van der Waals surface area contributed by atoms with Crippen molar-refractivity contribution in [3.63, 3.8) is 0 Å². The van der Waals surface area contributed by atoms with Gasteiger partial charge >= 0.3 is 12.0 Å². The predicted octanol–water partition coefficient (Wildman–Crippen LogP) is -0.434. The molecule has 7 heteroatoms. The molecule has 2 saturated heterocycles. The van der Waals surface area contributed by atoms with Crippen molar-refractivity contribution in [1.82, 2.24) is 15.1 Å². The van der Waals surface area contributed by atoms with E-state index in [1.165, 1.54) is 12.0 Å². The second kappa shape index (κ2) is 6.01. The summed E-state index contributed by atoms with van der Waals surface area (Å²) in [6, 6.07) is -0.718. The minimum absolute atomic E-state index is 0.0905. The molecule has 1 N–H and O–H groups in total. The number of ether oxygens (including phenoxy) is 1. The fraction of sp³-hybridized carbons (Fsp3) is 0.750. The molecule has 0 aromatic heterocycles. The van der Waals surface area contributed by atoms with Crippen LogP contribution < -0.4 is 5.32 Å². The maximum atomic E-state index is 12.1. The van der Waals surface area contributed by atoms with E-state index in [1.54, 1.807) is 0 Å². The number of amides is 3. The minimum Gasteiger partial charge on any atom is -0.468 e. The molecule has 19 heavy (non-hydrogen) atoms. The van der Waals surface area contributed by atoms with Crippen LogP contribution in [0, 0.1) is 0 Å². The fourth-order valence-electron chi connectivity index (χ4n) is 2.55. The first-order chi connectivity index (χ1) is 9.13. The number of piperidine rings is 1. The Kier molecular flexibility index (Phi) is 4.36. The standard InChI is InChI=1S/C12H19N3O4/c1-19-11(17)9-4-2-3-6-14(9)8-10(16)15-7-5-13-12(15)18/h9H,2-8H2,1H3,(H,13,18). The fourth-order valence-corrected chi connectivity index (χ4v) is 2.55. The molecule has 3 amide bonds. The average molecular weight is 269 g/mol. The molecule has 0 bridgehead atoms. The van der Waals surface area contributed by atoms with Crippen LogP contribution in [0.5, 0.6) is 0 Å². The number of likely N-dealkylation sites (tertiary alicyclic amines) is 1. The molecule has 1 unspecified atom stereocenters. The summed E-state index contributed by atoms with van der Waals surface area (Å²) in [5.74, 6) is -0.566. The molecule has 2 rings (SSSR count). The van der Waals surface area contributed by atoms with Gasteiger partial charge in [0.2, 0.25) is 5.91 Å². The summed E-state index contributed by atoms with van der Waals surface area (Å²) in [6.45, 7) is 1.66. The van der Waals surface area contributed by atoms with Crippen LogP contribution in [-0.2, 0) is 14.3 Å². The van der Waals surface area contributed by atoms with E-state index in [9.17, 15) is 14.4 Å². The normalized spacial score (nSPS) is 24.2. The zero-order valence-electron chi connectivity index (χ0n) is 11.1. The summed E-state index contributed by atoms with van der Waals surface area (Å²) in [7, 11) is 1.35. The molecule has 0 aliphatic carbocycles. The highest BCUT2D eigenvalue weighted by Crippen LogP contribution is 2.18. The highest BCUT2D eigenvalue weighted by molar-refractivity contribution is 5.96. The molecule has 2 fully saturated rings. The second-order valence-electron chi connectivity index (χ2n) is 4.78. The van der Waals surface area contributed by atoms with Crippen LogP contribution in [0.15, 0.2) is 0 Å². The number of carbonyl (C=O) groups excluding carboxylic acids is 3. The highest BCUT2D eigenvalue weighted by Gasteiger charge is 2.33. The lowest BCUT2D eigenvalue weighted by Crippen LogP contribution is -2.50. The summed E-state index contributed by atoms with van der Waals surface area (Å²) in [4.78, 5) is 38.1. The molecule has 0 aromatic rings. The molecule has 2 aliphatic heterocycles.